The average Bonchev–Trinajstić information content (AvgIpc) is 3.27. The van der Waals surface area contributed by atoms with Crippen LogP contribution in [0.25, 0.3) is 11.6 Å². The maximum Gasteiger partial charge on any atom is 0.355 e. The summed E-state index contributed by atoms with van der Waals surface area (Å²) in [6, 6.07) is 11.7. The maximum absolute atomic E-state index is 12.2. The highest BCUT2D eigenvalue weighted by molar-refractivity contribution is 7.92. The van der Waals surface area contributed by atoms with Crippen molar-refractivity contribution in [1.29, 1.82) is 5.26 Å². The summed E-state index contributed by atoms with van der Waals surface area (Å²) >= 11 is 0. The predicted octanol–water partition coefficient (Wildman–Crippen LogP) is 3.70. The number of nitrogens with one attached hydrogen (secondary N) is 1. The fraction of sp³-hybridized carbons (Fsp3) is 0.200. The Kier molecular flexibility index (Phi) is 5.66. The van der Waals surface area contributed by atoms with Crippen LogP contribution >= 0.6 is 0 Å². The van der Waals surface area contributed by atoms with Crippen LogP contribution in [0.2, 0.25) is 0 Å². The lowest BCUT2D eigenvalue weighted by atomic mass is 9.99. The molecular weight excluding hydrogens is 380 g/mol. The third-order valence-electron chi connectivity index (χ3n) is 4.02. The van der Waals surface area contributed by atoms with Gasteiger partial charge in [0.25, 0.3) is 0 Å². The maximum atomic E-state index is 12.2. The molecule has 0 aliphatic carbocycles. The molecule has 7 nitrogen and oxygen atoms in total. The summed E-state index contributed by atoms with van der Waals surface area (Å²) in [5.74, 6) is -0.117. The number of furan rings is 1. The Bertz CT molecular complexity index is 1090. The van der Waals surface area contributed by atoms with Crippen molar-refractivity contribution in [2.24, 2.45) is 0 Å². The van der Waals surface area contributed by atoms with E-state index < -0.39 is 16.0 Å². The number of allylic oxidation sites excluding steroid dienone is 1. The van der Waals surface area contributed by atoms with Gasteiger partial charge in [-0.25, -0.2) is 13.2 Å². The van der Waals surface area contributed by atoms with Gasteiger partial charge in [0.1, 0.15) is 23.2 Å². The molecule has 0 radical (unpaired) electrons. The number of hydrogen-bond acceptors (Lipinski definition) is 6. The predicted molar refractivity (Wildman–Crippen MR) is 104 cm³/mol. The minimum Gasteiger partial charge on any atom is -0.465 e. The van der Waals surface area contributed by atoms with E-state index in [1.165, 1.54) is 12.3 Å². The fourth-order valence-electron chi connectivity index (χ4n) is 2.72. The Labute approximate surface area is 163 Å². The zero-order valence-electron chi connectivity index (χ0n) is 15.1. The molecule has 1 aromatic carbocycles. The Morgan fingerprint density at radius 3 is 2.75 bits per heavy atom. The summed E-state index contributed by atoms with van der Waals surface area (Å²) in [7, 11) is -3.48. The second-order valence-electron chi connectivity index (χ2n) is 6.13. The molecule has 2 aromatic rings. The molecule has 0 saturated heterocycles. The van der Waals surface area contributed by atoms with Gasteiger partial charge in [0.05, 0.1) is 17.6 Å². The lowest BCUT2D eigenvalue weighted by Gasteiger charge is -2.10. The number of esters is 1. The zero-order valence-corrected chi connectivity index (χ0v) is 16.0. The average molecular weight is 398 g/mol. The summed E-state index contributed by atoms with van der Waals surface area (Å²) in [5.41, 5.74) is 0.966. The van der Waals surface area contributed by atoms with Crippen molar-refractivity contribution < 1.29 is 22.4 Å². The van der Waals surface area contributed by atoms with Gasteiger partial charge in [0.2, 0.25) is 10.0 Å². The monoisotopic (exact) mass is 398 g/mol. The Balaban J connectivity index is 1.99. The van der Waals surface area contributed by atoms with Crippen LogP contribution in [-0.4, -0.2) is 20.1 Å². The first-order chi connectivity index (χ1) is 13.4. The van der Waals surface area contributed by atoms with Crippen LogP contribution in [0.15, 0.2) is 58.4 Å². The normalized spacial score (nSPS) is 15.6. The van der Waals surface area contributed by atoms with Crippen molar-refractivity contribution in [3.05, 3.63) is 65.3 Å². The number of carbonyl (C=O) groups is 1. The van der Waals surface area contributed by atoms with Gasteiger partial charge in [0.15, 0.2) is 0 Å². The van der Waals surface area contributed by atoms with Crippen LogP contribution in [-0.2, 0) is 19.6 Å². The molecule has 0 amide bonds. The number of benzene rings is 1. The molecule has 0 fully saturated rings. The molecule has 144 valence electrons. The minimum absolute atomic E-state index is 0.0190. The SMILES string of the molecule is CCCCS(=O)(=O)Nc1cccc(C2=C(C#N)C(=O)OC2=Cc2ccco2)c1. The summed E-state index contributed by atoms with van der Waals surface area (Å²) in [6.45, 7) is 1.91. The molecule has 0 atom stereocenters. The van der Waals surface area contributed by atoms with Crippen molar-refractivity contribution in [1.82, 2.24) is 0 Å². The van der Waals surface area contributed by atoms with Crippen LogP contribution < -0.4 is 4.72 Å². The van der Waals surface area contributed by atoms with Crippen LogP contribution in [0, 0.1) is 11.3 Å². The van der Waals surface area contributed by atoms with Gasteiger partial charge in [-0.05, 0) is 36.2 Å². The first-order valence-corrected chi connectivity index (χ1v) is 10.3. The Morgan fingerprint density at radius 1 is 1.25 bits per heavy atom. The summed E-state index contributed by atoms with van der Waals surface area (Å²) in [5, 5.41) is 9.39. The van der Waals surface area contributed by atoms with Gasteiger partial charge in [0, 0.05) is 11.8 Å². The fourth-order valence-corrected chi connectivity index (χ4v) is 3.98. The van der Waals surface area contributed by atoms with Crippen LogP contribution in [0.4, 0.5) is 5.69 Å². The molecule has 3 rings (SSSR count). The van der Waals surface area contributed by atoms with Gasteiger partial charge in [-0.1, -0.05) is 25.5 Å². The van der Waals surface area contributed by atoms with Crippen molar-refractivity contribution >= 4 is 33.3 Å². The molecule has 28 heavy (non-hydrogen) atoms. The van der Waals surface area contributed by atoms with Crippen LogP contribution in [0.1, 0.15) is 31.1 Å². The van der Waals surface area contributed by atoms with E-state index in [0.717, 1.165) is 6.42 Å². The topological polar surface area (TPSA) is 109 Å². The molecule has 1 aromatic heterocycles. The van der Waals surface area contributed by atoms with Gasteiger partial charge in [-0.15, -0.1) is 0 Å². The number of sulfonamides is 1. The second kappa shape index (κ2) is 8.15. The van der Waals surface area contributed by atoms with E-state index in [1.54, 1.807) is 36.4 Å². The number of nitrogens with zero attached hydrogens (tertiary/aromatic N) is 1. The molecule has 8 heteroatoms. The van der Waals surface area contributed by atoms with Gasteiger partial charge in [-0.3, -0.25) is 4.72 Å². The van der Waals surface area contributed by atoms with E-state index in [1.807, 2.05) is 13.0 Å². The highest BCUT2D eigenvalue weighted by atomic mass is 32.2. The smallest absolute Gasteiger partial charge is 0.355 e. The third-order valence-corrected chi connectivity index (χ3v) is 5.40. The second-order valence-corrected chi connectivity index (χ2v) is 7.97. The Morgan fingerprint density at radius 2 is 2.07 bits per heavy atom. The van der Waals surface area contributed by atoms with E-state index in [0.29, 0.717) is 29.0 Å². The van der Waals surface area contributed by atoms with E-state index in [-0.39, 0.29) is 17.1 Å². The highest BCUT2D eigenvalue weighted by Gasteiger charge is 2.31. The van der Waals surface area contributed by atoms with Crippen LogP contribution in [0.5, 0.6) is 0 Å². The van der Waals surface area contributed by atoms with E-state index in [9.17, 15) is 18.5 Å². The van der Waals surface area contributed by atoms with Gasteiger partial charge >= 0.3 is 5.97 Å². The summed E-state index contributed by atoms with van der Waals surface area (Å²) in [6.07, 6.45) is 4.30. The van der Waals surface area contributed by atoms with Gasteiger partial charge in [-0.2, -0.15) is 5.26 Å². The molecular formula is C20H18N2O5S. The zero-order chi connectivity index (χ0) is 20.1. The van der Waals surface area contributed by atoms with Crippen molar-refractivity contribution in [3.8, 4) is 6.07 Å². The molecule has 2 heterocycles. The van der Waals surface area contributed by atoms with Crippen molar-refractivity contribution in [2.45, 2.75) is 19.8 Å². The standard InChI is InChI=1S/C20H18N2O5S/c1-2-3-10-28(24,25)22-15-7-4-6-14(11-15)19-17(13-21)20(23)27-18(19)12-16-8-5-9-26-16/h4-9,11-12,22H,2-3,10H2,1H3. The van der Waals surface area contributed by atoms with Crippen LogP contribution in [0.3, 0.4) is 0 Å². The molecule has 0 spiro atoms. The van der Waals surface area contributed by atoms with E-state index in [4.69, 9.17) is 9.15 Å². The highest BCUT2D eigenvalue weighted by Crippen LogP contribution is 2.36. The first kappa shape index (κ1) is 19.5. The molecule has 1 aliphatic rings. The summed E-state index contributed by atoms with van der Waals surface area (Å²) < 4.78 is 37.3. The third kappa shape index (κ3) is 4.32. The number of anilines is 1. The van der Waals surface area contributed by atoms with E-state index >= 15 is 0 Å². The minimum atomic E-state index is -3.48. The van der Waals surface area contributed by atoms with Gasteiger partial charge < -0.3 is 9.15 Å². The quantitative estimate of drug-likeness (QED) is 0.712. The molecule has 0 unspecified atom stereocenters. The van der Waals surface area contributed by atoms with E-state index in [2.05, 4.69) is 4.72 Å². The largest absolute Gasteiger partial charge is 0.465 e. The first-order valence-electron chi connectivity index (χ1n) is 8.66. The number of carbonyl (C=O) groups excluding carboxylic acids is 1. The molecule has 1 N–H and O–H groups in total. The summed E-state index contributed by atoms with van der Waals surface area (Å²) in [4.78, 5) is 12.1. The number of cyclic esters (lactones) is 1. The number of nitriles is 1. The number of unbranched alkanes of at least 4 members (excludes halogenated alkanes) is 1. The number of ether oxygens (including phenoxy) is 1. The lowest BCUT2D eigenvalue weighted by molar-refractivity contribution is -0.132. The number of rotatable bonds is 7. The lowest BCUT2D eigenvalue weighted by Crippen LogP contribution is -2.16. The molecule has 0 bridgehead atoms. The Hall–Kier alpha value is -3.31. The number of hydrogen-bond donors (Lipinski definition) is 1. The molecule has 1 aliphatic heterocycles. The van der Waals surface area contributed by atoms with Crippen molar-refractivity contribution in [3.63, 3.8) is 0 Å². The molecule has 0 saturated carbocycles. The van der Waals surface area contributed by atoms with Crippen molar-refractivity contribution in [2.75, 3.05) is 10.5 Å².